The molecule has 0 saturated carbocycles. The van der Waals surface area contributed by atoms with Crippen molar-refractivity contribution in [1.82, 2.24) is 10.6 Å². The average Bonchev–Trinajstić information content (AvgIpc) is 2.33. The van der Waals surface area contributed by atoms with Crippen molar-refractivity contribution in [3.63, 3.8) is 0 Å². The fraction of sp³-hybridized carbons (Fsp3) is 0.750. The Morgan fingerprint density at radius 2 is 1.35 bits per heavy atom. The van der Waals surface area contributed by atoms with Gasteiger partial charge in [-0.05, 0) is 33.4 Å². The number of ketones is 1. The van der Waals surface area contributed by atoms with Crippen LogP contribution in [0.3, 0.4) is 0 Å². The van der Waals surface area contributed by atoms with Gasteiger partial charge in [0.05, 0.1) is 24.5 Å². The number of hydrogen-bond donors (Lipinski definition) is 2. The van der Waals surface area contributed by atoms with E-state index in [1.165, 1.54) is 0 Å². The van der Waals surface area contributed by atoms with Gasteiger partial charge in [-0.3, -0.25) is 14.8 Å². The van der Waals surface area contributed by atoms with Gasteiger partial charge in [0.2, 0.25) is 5.78 Å². The summed E-state index contributed by atoms with van der Waals surface area (Å²) in [5.74, 6) is -0.0398. The fourth-order valence-corrected chi connectivity index (χ4v) is 1.60. The molecule has 5 heteroatoms. The first-order valence-electron chi connectivity index (χ1n) is 6.20. The van der Waals surface area contributed by atoms with E-state index in [1.54, 1.807) is 13.8 Å². The summed E-state index contributed by atoms with van der Waals surface area (Å²) in [4.78, 5) is 20.3. The molecule has 0 unspecified atom stereocenters. The lowest BCUT2D eigenvalue weighted by molar-refractivity contribution is -0.107. The summed E-state index contributed by atoms with van der Waals surface area (Å²) in [6.45, 7) is 8.42. The van der Waals surface area contributed by atoms with Crippen LogP contribution in [-0.4, -0.2) is 56.5 Å². The minimum atomic E-state index is -0.0398. The Hall–Kier alpha value is -1.07. The largest absolute Gasteiger partial charge is 0.315 e. The average molecular weight is 238 g/mol. The molecule has 5 nitrogen and oxygen atoms in total. The van der Waals surface area contributed by atoms with Gasteiger partial charge in [0.15, 0.2) is 0 Å². The molecule has 0 fully saturated rings. The van der Waals surface area contributed by atoms with E-state index >= 15 is 0 Å². The summed E-state index contributed by atoms with van der Waals surface area (Å²) in [5, 5.41) is 6.59. The number of nitrogens with one attached hydrogen (secondary N) is 2. The minimum Gasteiger partial charge on any atom is -0.315 e. The molecule has 0 radical (unpaired) electrons. The third-order valence-electron chi connectivity index (χ3n) is 2.64. The van der Waals surface area contributed by atoms with E-state index in [-0.39, 0.29) is 5.78 Å². The van der Waals surface area contributed by atoms with Crippen molar-refractivity contribution in [2.75, 3.05) is 39.3 Å². The Balaban J connectivity index is 2.58. The number of rotatable bonds is 0. The summed E-state index contributed by atoms with van der Waals surface area (Å²) in [5.41, 5.74) is 1.11. The first kappa shape index (κ1) is 14.0. The quantitative estimate of drug-likeness (QED) is 0.627. The third-order valence-corrected chi connectivity index (χ3v) is 2.64. The Morgan fingerprint density at radius 3 is 1.82 bits per heavy atom. The fourth-order valence-electron chi connectivity index (χ4n) is 1.60. The van der Waals surface area contributed by atoms with Gasteiger partial charge in [0.1, 0.15) is 0 Å². The van der Waals surface area contributed by atoms with Gasteiger partial charge in [-0.2, -0.15) is 0 Å². The molecule has 96 valence electrons. The number of nitrogens with zero attached hydrogens (tertiary/aromatic N) is 2. The van der Waals surface area contributed by atoms with Crippen LogP contribution in [0.25, 0.3) is 0 Å². The van der Waals surface area contributed by atoms with Gasteiger partial charge in [-0.1, -0.05) is 0 Å². The molecular formula is C12H22N4O. The summed E-state index contributed by atoms with van der Waals surface area (Å²) in [6.07, 6.45) is 1.10. The van der Waals surface area contributed by atoms with Crippen molar-refractivity contribution in [2.45, 2.75) is 20.3 Å². The van der Waals surface area contributed by atoms with Crippen molar-refractivity contribution in [3.05, 3.63) is 0 Å². The predicted octanol–water partition coefficient (Wildman–Crippen LogP) is 0.0602. The van der Waals surface area contributed by atoms with Gasteiger partial charge in [0.25, 0.3) is 0 Å². The molecule has 0 amide bonds. The first-order chi connectivity index (χ1) is 8.22. The van der Waals surface area contributed by atoms with Gasteiger partial charge >= 0.3 is 0 Å². The van der Waals surface area contributed by atoms with Crippen molar-refractivity contribution >= 4 is 17.2 Å². The molecule has 0 spiro atoms. The predicted molar refractivity (Wildman–Crippen MR) is 71.3 cm³/mol. The Morgan fingerprint density at radius 1 is 0.882 bits per heavy atom. The van der Waals surface area contributed by atoms with Crippen LogP contribution in [0.15, 0.2) is 9.98 Å². The highest BCUT2D eigenvalue weighted by Gasteiger charge is 2.09. The highest BCUT2D eigenvalue weighted by molar-refractivity contribution is 6.65. The Kier molecular flexibility index (Phi) is 6.65. The van der Waals surface area contributed by atoms with E-state index in [2.05, 4.69) is 20.6 Å². The van der Waals surface area contributed by atoms with E-state index in [0.29, 0.717) is 24.5 Å². The highest BCUT2D eigenvalue weighted by Crippen LogP contribution is 1.88. The SMILES string of the molecule is CC1=NCCNCCCNCCN=C(C)C1=O. The maximum Gasteiger partial charge on any atom is 0.219 e. The molecule has 0 aromatic heterocycles. The summed E-state index contributed by atoms with van der Waals surface area (Å²) >= 11 is 0. The van der Waals surface area contributed by atoms with Gasteiger partial charge in [0, 0.05) is 13.1 Å². The zero-order valence-electron chi connectivity index (χ0n) is 10.8. The monoisotopic (exact) mass is 238 g/mol. The number of hydrogen-bond acceptors (Lipinski definition) is 5. The molecule has 2 N–H and O–H groups in total. The maximum atomic E-state index is 11.8. The Bertz CT molecular complexity index is 282. The lowest BCUT2D eigenvalue weighted by atomic mass is 10.2. The van der Waals surface area contributed by atoms with Crippen LogP contribution in [0.2, 0.25) is 0 Å². The molecule has 0 aromatic rings. The van der Waals surface area contributed by atoms with Crippen LogP contribution in [0, 0.1) is 0 Å². The topological polar surface area (TPSA) is 65.8 Å². The van der Waals surface area contributed by atoms with E-state index in [9.17, 15) is 4.79 Å². The zero-order chi connectivity index (χ0) is 12.5. The second-order valence-electron chi connectivity index (χ2n) is 4.12. The molecule has 1 rings (SSSR count). The van der Waals surface area contributed by atoms with E-state index in [0.717, 1.165) is 32.6 Å². The van der Waals surface area contributed by atoms with Gasteiger partial charge in [-0.15, -0.1) is 0 Å². The normalized spacial score (nSPS) is 21.4. The standard InChI is InChI=1S/C12H22N4O/c1-10-12(17)11(2)16-9-7-14-5-3-4-13-6-8-15-10/h13-14H,3-9H2,1-2H3. The maximum absolute atomic E-state index is 11.8. The van der Waals surface area contributed by atoms with Crippen molar-refractivity contribution in [2.24, 2.45) is 9.98 Å². The minimum absolute atomic E-state index is 0.0398. The van der Waals surface area contributed by atoms with E-state index in [4.69, 9.17) is 0 Å². The Labute approximate surface area is 103 Å². The van der Waals surface area contributed by atoms with Gasteiger partial charge < -0.3 is 10.6 Å². The molecule has 0 aromatic carbocycles. The van der Waals surface area contributed by atoms with Crippen LogP contribution in [-0.2, 0) is 4.79 Å². The second-order valence-corrected chi connectivity index (χ2v) is 4.12. The van der Waals surface area contributed by atoms with Crippen LogP contribution in [0.4, 0.5) is 0 Å². The molecule has 0 aliphatic carbocycles. The molecule has 1 aliphatic heterocycles. The van der Waals surface area contributed by atoms with Crippen molar-refractivity contribution in [1.29, 1.82) is 0 Å². The first-order valence-corrected chi connectivity index (χ1v) is 6.20. The number of aliphatic imine (C=N–C) groups is 2. The molecule has 0 atom stereocenters. The van der Waals surface area contributed by atoms with E-state index in [1.807, 2.05) is 0 Å². The lowest BCUT2D eigenvalue weighted by Crippen LogP contribution is -2.27. The summed E-state index contributed by atoms with van der Waals surface area (Å²) in [7, 11) is 0. The van der Waals surface area contributed by atoms with Gasteiger partial charge in [-0.25, -0.2) is 0 Å². The summed E-state index contributed by atoms with van der Waals surface area (Å²) < 4.78 is 0. The number of Topliss-reactive ketones (excluding diaryl/α,β-unsaturated/α-hetero) is 1. The molecule has 17 heavy (non-hydrogen) atoms. The van der Waals surface area contributed by atoms with Crippen molar-refractivity contribution in [3.8, 4) is 0 Å². The van der Waals surface area contributed by atoms with Crippen LogP contribution in [0.1, 0.15) is 20.3 Å². The zero-order valence-corrected chi connectivity index (χ0v) is 10.8. The lowest BCUT2D eigenvalue weighted by Gasteiger charge is -2.07. The third kappa shape index (κ3) is 5.70. The number of carbonyl (C=O) groups excluding carboxylic acids is 1. The van der Waals surface area contributed by atoms with Crippen LogP contribution >= 0.6 is 0 Å². The summed E-state index contributed by atoms with van der Waals surface area (Å²) in [6, 6.07) is 0. The highest BCUT2D eigenvalue weighted by atomic mass is 16.1. The smallest absolute Gasteiger partial charge is 0.219 e. The second kappa shape index (κ2) is 8.08. The van der Waals surface area contributed by atoms with Crippen LogP contribution in [0.5, 0.6) is 0 Å². The molecule has 0 saturated heterocycles. The molecule has 1 aliphatic rings. The molecule has 1 heterocycles. The van der Waals surface area contributed by atoms with E-state index < -0.39 is 0 Å². The number of carbonyl (C=O) groups is 1. The molecular weight excluding hydrogens is 216 g/mol. The molecule has 0 bridgehead atoms. The van der Waals surface area contributed by atoms with Crippen LogP contribution < -0.4 is 10.6 Å². The van der Waals surface area contributed by atoms with Crippen molar-refractivity contribution < 1.29 is 4.79 Å².